The third kappa shape index (κ3) is 5.14. The maximum atomic E-state index is 12.3. The van der Waals surface area contributed by atoms with Gasteiger partial charge in [-0.3, -0.25) is 9.78 Å². The first-order chi connectivity index (χ1) is 13.2. The van der Waals surface area contributed by atoms with Crippen LogP contribution in [0.1, 0.15) is 23.0 Å². The molecule has 27 heavy (non-hydrogen) atoms. The Morgan fingerprint density at radius 2 is 2.19 bits per heavy atom. The molecule has 0 spiro atoms. The highest BCUT2D eigenvalue weighted by Gasteiger charge is 2.10. The summed E-state index contributed by atoms with van der Waals surface area (Å²) < 4.78 is 5.14. The molecule has 8 nitrogen and oxygen atoms in total. The zero-order valence-corrected chi connectivity index (χ0v) is 15.7. The SMILES string of the molecule is COc1cccc(C(=O)CSc2n[nH]c(N/N=C(\C)c3ccccn3)n2)c1. The average Bonchev–Trinajstić information content (AvgIpc) is 3.18. The second kappa shape index (κ2) is 8.95. The predicted octanol–water partition coefficient (Wildman–Crippen LogP) is 3.02. The van der Waals surface area contributed by atoms with Crippen molar-refractivity contribution in [1.29, 1.82) is 0 Å². The summed E-state index contributed by atoms with van der Waals surface area (Å²) >= 11 is 1.24. The van der Waals surface area contributed by atoms with Crippen LogP contribution < -0.4 is 10.2 Å². The third-order valence-electron chi connectivity index (χ3n) is 3.55. The molecular formula is C18H18N6O2S. The van der Waals surface area contributed by atoms with Crippen LogP contribution in [-0.4, -0.2) is 44.5 Å². The minimum atomic E-state index is -0.0257. The maximum Gasteiger partial charge on any atom is 0.240 e. The number of benzene rings is 1. The van der Waals surface area contributed by atoms with Crippen molar-refractivity contribution < 1.29 is 9.53 Å². The van der Waals surface area contributed by atoms with Crippen LogP contribution in [0.4, 0.5) is 5.95 Å². The number of hydrazone groups is 1. The van der Waals surface area contributed by atoms with Crippen LogP contribution in [0.25, 0.3) is 0 Å². The first-order valence-corrected chi connectivity index (χ1v) is 9.08. The van der Waals surface area contributed by atoms with Crippen LogP contribution in [-0.2, 0) is 0 Å². The van der Waals surface area contributed by atoms with E-state index in [1.807, 2.05) is 25.1 Å². The number of Topliss-reactive ketones (excluding diaryl/α,β-unsaturated/α-hetero) is 1. The van der Waals surface area contributed by atoms with Gasteiger partial charge in [0, 0.05) is 11.8 Å². The van der Waals surface area contributed by atoms with Gasteiger partial charge in [0.1, 0.15) is 5.75 Å². The smallest absolute Gasteiger partial charge is 0.240 e. The number of H-pyrrole nitrogens is 1. The number of methoxy groups -OCH3 is 1. The van der Waals surface area contributed by atoms with E-state index >= 15 is 0 Å². The normalized spacial score (nSPS) is 11.3. The van der Waals surface area contributed by atoms with Crippen LogP contribution in [0.2, 0.25) is 0 Å². The van der Waals surface area contributed by atoms with Crippen molar-refractivity contribution in [2.75, 3.05) is 18.3 Å². The first-order valence-electron chi connectivity index (χ1n) is 8.10. The molecule has 0 aliphatic rings. The summed E-state index contributed by atoms with van der Waals surface area (Å²) in [6, 6.07) is 12.7. The number of thioether (sulfide) groups is 1. The maximum absolute atomic E-state index is 12.3. The number of anilines is 1. The summed E-state index contributed by atoms with van der Waals surface area (Å²) in [6.45, 7) is 1.84. The second-order valence-corrected chi connectivity index (χ2v) is 6.38. The highest BCUT2D eigenvalue weighted by molar-refractivity contribution is 7.99. The molecule has 0 radical (unpaired) electrons. The van der Waals surface area contributed by atoms with Gasteiger partial charge in [0.15, 0.2) is 5.78 Å². The topological polar surface area (TPSA) is 105 Å². The van der Waals surface area contributed by atoms with Crippen LogP contribution in [0.5, 0.6) is 5.75 Å². The molecule has 0 saturated heterocycles. The molecule has 3 aromatic rings. The number of carbonyl (C=O) groups excluding carboxylic acids is 1. The summed E-state index contributed by atoms with van der Waals surface area (Å²) in [4.78, 5) is 20.8. The number of nitrogens with one attached hydrogen (secondary N) is 2. The quantitative estimate of drug-likeness (QED) is 0.267. The van der Waals surface area contributed by atoms with E-state index in [-0.39, 0.29) is 11.5 Å². The number of ketones is 1. The number of carbonyl (C=O) groups is 1. The van der Waals surface area contributed by atoms with Crippen molar-refractivity contribution in [3.63, 3.8) is 0 Å². The molecule has 2 heterocycles. The number of ether oxygens (including phenoxy) is 1. The van der Waals surface area contributed by atoms with Gasteiger partial charge in [-0.1, -0.05) is 30.0 Å². The van der Waals surface area contributed by atoms with Gasteiger partial charge in [-0.25, -0.2) is 10.5 Å². The number of hydrogen-bond donors (Lipinski definition) is 2. The Morgan fingerprint density at radius 1 is 1.30 bits per heavy atom. The average molecular weight is 382 g/mol. The van der Waals surface area contributed by atoms with Crippen molar-refractivity contribution >= 4 is 29.2 Å². The van der Waals surface area contributed by atoms with Gasteiger partial charge in [0.2, 0.25) is 11.1 Å². The van der Waals surface area contributed by atoms with Crippen molar-refractivity contribution in [3.8, 4) is 5.75 Å². The van der Waals surface area contributed by atoms with Gasteiger partial charge in [0.25, 0.3) is 0 Å². The largest absolute Gasteiger partial charge is 0.497 e. The minimum Gasteiger partial charge on any atom is -0.497 e. The number of rotatable bonds is 8. The Morgan fingerprint density at radius 3 is 2.96 bits per heavy atom. The van der Waals surface area contributed by atoms with E-state index in [9.17, 15) is 4.79 Å². The zero-order chi connectivity index (χ0) is 19.1. The van der Waals surface area contributed by atoms with Crippen molar-refractivity contribution in [3.05, 3.63) is 59.9 Å². The lowest BCUT2D eigenvalue weighted by Crippen LogP contribution is -2.03. The predicted molar refractivity (Wildman–Crippen MR) is 105 cm³/mol. The van der Waals surface area contributed by atoms with Crippen LogP contribution in [0.3, 0.4) is 0 Å². The van der Waals surface area contributed by atoms with E-state index in [1.165, 1.54) is 11.8 Å². The standard InChI is InChI=1S/C18H18N6O2S/c1-12(15-8-3-4-9-19-15)21-22-17-20-18(24-23-17)27-11-16(25)13-6-5-7-14(10-13)26-2/h3-10H,11H2,1-2H3,(H2,20,22,23,24)/b21-12+. The number of aromatic nitrogens is 4. The summed E-state index contributed by atoms with van der Waals surface area (Å²) in [5.74, 6) is 1.24. The molecule has 0 fully saturated rings. The van der Waals surface area contributed by atoms with Crippen molar-refractivity contribution in [2.24, 2.45) is 5.10 Å². The monoisotopic (exact) mass is 382 g/mol. The zero-order valence-electron chi connectivity index (χ0n) is 14.8. The lowest BCUT2D eigenvalue weighted by Gasteiger charge is -2.02. The highest BCUT2D eigenvalue weighted by Crippen LogP contribution is 2.18. The Hall–Kier alpha value is -3.20. The Bertz CT molecular complexity index is 942. The van der Waals surface area contributed by atoms with E-state index in [2.05, 4.69) is 30.7 Å². The summed E-state index contributed by atoms with van der Waals surface area (Å²) in [7, 11) is 1.57. The molecule has 0 bridgehead atoms. The van der Waals surface area contributed by atoms with Gasteiger partial charge < -0.3 is 4.74 Å². The van der Waals surface area contributed by atoms with Crippen LogP contribution in [0.15, 0.2) is 58.9 Å². The van der Waals surface area contributed by atoms with E-state index in [1.54, 1.807) is 37.6 Å². The Labute approximate surface area is 160 Å². The van der Waals surface area contributed by atoms with E-state index in [0.29, 0.717) is 22.4 Å². The molecule has 2 aromatic heterocycles. The van der Waals surface area contributed by atoms with Crippen molar-refractivity contribution in [1.82, 2.24) is 20.2 Å². The Kier molecular flexibility index (Phi) is 6.16. The van der Waals surface area contributed by atoms with Gasteiger partial charge >= 0.3 is 0 Å². The molecule has 9 heteroatoms. The minimum absolute atomic E-state index is 0.0257. The lowest BCUT2D eigenvalue weighted by molar-refractivity contribution is 0.102. The highest BCUT2D eigenvalue weighted by atomic mass is 32.2. The fraction of sp³-hybridized carbons (Fsp3) is 0.167. The second-order valence-electron chi connectivity index (χ2n) is 5.43. The number of hydrogen-bond acceptors (Lipinski definition) is 8. The summed E-state index contributed by atoms with van der Waals surface area (Å²) in [6.07, 6.45) is 1.71. The van der Waals surface area contributed by atoms with Crippen molar-refractivity contribution in [2.45, 2.75) is 12.1 Å². The molecule has 138 valence electrons. The number of nitrogens with zero attached hydrogens (tertiary/aromatic N) is 4. The molecule has 0 unspecified atom stereocenters. The Balaban J connectivity index is 1.55. The van der Waals surface area contributed by atoms with Gasteiger partial charge in [-0.15, -0.1) is 5.10 Å². The molecule has 0 amide bonds. The van der Waals surface area contributed by atoms with E-state index in [0.717, 1.165) is 11.4 Å². The molecule has 0 aliphatic heterocycles. The number of aromatic amines is 1. The van der Waals surface area contributed by atoms with Gasteiger partial charge in [0.05, 0.1) is 24.3 Å². The molecular weight excluding hydrogens is 364 g/mol. The lowest BCUT2D eigenvalue weighted by atomic mass is 10.1. The molecule has 2 N–H and O–H groups in total. The molecule has 3 rings (SSSR count). The first kappa shape index (κ1) is 18.6. The fourth-order valence-corrected chi connectivity index (χ4v) is 2.83. The number of pyridine rings is 1. The van der Waals surface area contributed by atoms with Gasteiger partial charge in [-0.05, 0) is 31.2 Å². The third-order valence-corrected chi connectivity index (χ3v) is 4.40. The molecule has 0 atom stereocenters. The molecule has 1 aromatic carbocycles. The van der Waals surface area contributed by atoms with Crippen LogP contribution >= 0.6 is 11.8 Å². The fourth-order valence-electron chi connectivity index (χ4n) is 2.14. The van der Waals surface area contributed by atoms with E-state index < -0.39 is 0 Å². The van der Waals surface area contributed by atoms with Crippen LogP contribution in [0, 0.1) is 0 Å². The molecule has 0 aliphatic carbocycles. The summed E-state index contributed by atoms with van der Waals surface area (Å²) in [5.41, 5.74) is 4.87. The van der Waals surface area contributed by atoms with E-state index in [4.69, 9.17) is 4.74 Å². The summed E-state index contributed by atoms with van der Waals surface area (Å²) in [5, 5.41) is 11.5. The van der Waals surface area contributed by atoms with Gasteiger partial charge in [-0.2, -0.15) is 10.1 Å². The molecule has 0 saturated carbocycles.